The lowest BCUT2D eigenvalue weighted by atomic mass is 9.99. The van der Waals surface area contributed by atoms with E-state index in [9.17, 15) is 14.9 Å². The number of nitriles is 1. The standard InChI is InChI=1S/C27H23N5O4/c1-17-20(14-28)6-4-8-22(17)24-13-23(30-27(29)31-24)19-9-10-32(25(33)12-19)15-18-5-3-7-21(11-18)36-16-26(34)35-2/h3-13H,15-16H2,1-2H3,(H2,29,30,31). The number of aromatic nitrogens is 3. The van der Waals surface area contributed by atoms with Gasteiger partial charge in [-0.05, 0) is 48.4 Å². The largest absolute Gasteiger partial charge is 0.482 e. The zero-order chi connectivity index (χ0) is 25.7. The molecule has 4 rings (SSSR count). The summed E-state index contributed by atoms with van der Waals surface area (Å²) in [4.78, 5) is 32.8. The Labute approximate surface area is 207 Å². The van der Waals surface area contributed by atoms with Gasteiger partial charge in [0.25, 0.3) is 5.56 Å². The molecule has 180 valence electrons. The van der Waals surface area contributed by atoms with E-state index in [1.807, 2.05) is 19.1 Å². The molecule has 2 aromatic heterocycles. The zero-order valence-electron chi connectivity index (χ0n) is 19.8. The van der Waals surface area contributed by atoms with E-state index in [2.05, 4.69) is 20.8 Å². The van der Waals surface area contributed by atoms with Gasteiger partial charge in [-0.1, -0.05) is 24.3 Å². The average molecular weight is 482 g/mol. The summed E-state index contributed by atoms with van der Waals surface area (Å²) in [7, 11) is 1.29. The van der Waals surface area contributed by atoms with Gasteiger partial charge in [0.05, 0.1) is 36.7 Å². The lowest BCUT2D eigenvalue weighted by Crippen LogP contribution is -2.19. The summed E-state index contributed by atoms with van der Waals surface area (Å²) in [6, 6.07) is 19.7. The van der Waals surface area contributed by atoms with Crippen LogP contribution >= 0.6 is 0 Å². The predicted octanol–water partition coefficient (Wildman–Crippen LogP) is 3.33. The summed E-state index contributed by atoms with van der Waals surface area (Å²) < 4.78 is 11.5. The fourth-order valence-electron chi connectivity index (χ4n) is 3.72. The predicted molar refractivity (Wildman–Crippen MR) is 134 cm³/mol. The number of carbonyl (C=O) groups is 1. The van der Waals surface area contributed by atoms with E-state index in [0.29, 0.717) is 34.8 Å². The monoisotopic (exact) mass is 481 g/mol. The quantitative estimate of drug-likeness (QED) is 0.397. The lowest BCUT2D eigenvalue weighted by Gasteiger charge is -2.11. The van der Waals surface area contributed by atoms with Crippen LogP contribution in [0.15, 0.2) is 71.7 Å². The number of nitrogens with two attached hydrogens (primary N) is 1. The summed E-state index contributed by atoms with van der Waals surface area (Å²) >= 11 is 0. The maximum Gasteiger partial charge on any atom is 0.343 e. The first kappa shape index (κ1) is 24.2. The number of rotatable bonds is 7. The van der Waals surface area contributed by atoms with E-state index in [1.54, 1.807) is 53.2 Å². The second-order valence-electron chi connectivity index (χ2n) is 7.98. The fourth-order valence-corrected chi connectivity index (χ4v) is 3.72. The summed E-state index contributed by atoms with van der Waals surface area (Å²) in [6.07, 6.45) is 1.68. The Hall–Kier alpha value is -4.97. The molecule has 2 N–H and O–H groups in total. The first-order valence-corrected chi connectivity index (χ1v) is 11.0. The molecule has 2 aromatic carbocycles. The fraction of sp³-hybridized carbons (Fsp3) is 0.148. The van der Waals surface area contributed by atoms with Crippen LogP contribution in [0.5, 0.6) is 5.75 Å². The number of nitrogens with zero attached hydrogens (tertiary/aromatic N) is 4. The van der Waals surface area contributed by atoms with Crippen LogP contribution in [-0.2, 0) is 16.1 Å². The van der Waals surface area contributed by atoms with Crippen molar-refractivity contribution in [1.29, 1.82) is 5.26 Å². The number of hydrogen-bond donors (Lipinski definition) is 1. The molecule has 0 aliphatic rings. The number of pyridine rings is 1. The third-order valence-corrected chi connectivity index (χ3v) is 5.60. The Morgan fingerprint density at radius 3 is 2.61 bits per heavy atom. The van der Waals surface area contributed by atoms with Crippen molar-refractivity contribution in [2.75, 3.05) is 19.5 Å². The number of methoxy groups -OCH3 is 1. The minimum Gasteiger partial charge on any atom is -0.482 e. The molecule has 0 saturated heterocycles. The summed E-state index contributed by atoms with van der Waals surface area (Å²) in [5, 5.41) is 9.34. The molecular weight excluding hydrogens is 458 g/mol. The molecule has 0 aliphatic heterocycles. The van der Waals surface area contributed by atoms with Crippen molar-refractivity contribution in [3.8, 4) is 34.3 Å². The van der Waals surface area contributed by atoms with Crippen molar-refractivity contribution in [2.24, 2.45) is 0 Å². The van der Waals surface area contributed by atoms with Crippen molar-refractivity contribution in [3.63, 3.8) is 0 Å². The second-order valence-corrected chi connectivity index (χ2v) is 7.98. The van der Waals surface area contributed by atoms with Crippen LogP contribution in [-0.4, -0.2) is 34.2 Å². The van der Waals surface area contributed by atoms with Crippen molar-refractivity contribution in [1.82, 2.24) is 14.5 Å². The van der Waals surface area contributed by atoms with Crippen LogP contribution in [0, 0.1) is 18.3 Å². The highest BCUT2D eigenvalue weighted by molar-refractivity contribution is 5.72. The minimum atomic E-state index is -0.478. The molecule has 0 amide bonds. The first-order valence-electron chi connectivity index (χ1n) is 11.0. The van der Waals surface area contributed by atoms with Gasteiger partial charge in [-0.15, -0.1) is 0 Å². The Morgan fingerprint density at radius 1 is 1.08 bits per heavy atom. The Bertz CT molecular complexity index is 1540. The number of ether oxygens (including phenoxy) is 2. The number of hydrogen-bond acceptors (Lipinski definition) is 8. The summed E-state index contributed by atoms with van der Waals surface area (Å²) in [6.45, 7) is 1.97. The number of carbonyl (C=O) groups excluding carboxylic acids is 1. The van der Waals surface area contributed by atoms with Gasteiger partial charge in [-0.3, -0.25) is 4.79 Å². The normalized spacial score (nSPS) is 10.5. The van der Waals surface area contributed by atoms with Crippen molar-refractivity contribution in [2.45, 2.75) is 13.5 Å². The molecule has 0 atom stereocenters. The van der Waals surface area contributed by atoms with E-state index in [-0.39, 0.29) is 18.1 Å². The van der Waals surface area contributed by atoms with Crippen LogP contribution in [0.25, 0.3) is 22.5 Å². The molecule has 0 unspecified atom stereocenters. The highest BCUT2D eigenvalue weighted by Crippen LogP contribution is 2.27. The Balaban J connectivity index is 1.60. The van der Waals surface area contributed by atoms with E-state index in [0.717, 1.165) is 16.7 Å². The maximum absolute atomic E-state index is 12.9. The van der Waals surface area contributed by atoms with E-state index in [1.165, 1.54) is 13.2 Å². The first-order chi connectivity index (χ1) is 17.4. The third-order valence-electron chi connectivity index (χ3n) is 5.60. The summed E-state index contributed by atoms with van der Waals surface area (Å²) in [5.74, 6) is 0.0909. The molecular formula is C27H23N5O4. The van der Waals surface area contributed by atoms with Gasteiger partial charge in [-0.25, -0.2) is 14.8 Å². The molecule has 0 saturated carbocycles. The SMILES string of the molecule is COC(=O)COc1cccc(Cn2ccc(-c3cc(-c4cccc(C#N)c4C)nc(N)n3)cc2=O)c1. The highest BCUT2D eigenvalue weighted by atomic mass is 16.6. The van der Waals surface area contributed by atoms with E-state index >= 15 is 0 Å². The second kappa shape index (κ2) is 10.5. The van der Waals surface area contributed by atoms with Crippen molar-refractivity contribution >= 4 is 11.9 Å². The van der Waals surface area contributed by atoms with Gasteiger partial charge in [0.15, 0.2) is 6.61 Å². The molecule has 0 spiro atoms. The van der Waals surface area contributed by atoms with Gasteiger partial charge >= 0.3 is 5.97 Å². The Morgan fingerprint density at radius 2 is 1.86 bits per heavy atom. The van der Waals surface area contributed by atoms with E-state index in [4.69, 9.17) is 10.5 Å². The van der Waals surface area contributed by atoms with Crippen LogP contribution in [0.3, 0.4) is 0 Å². The van der Waals surface area contributed by atoms with E-state index < -0.39 is 5.97 Å². The molecule has 0 radical (unpaired) electrons. The average Bonchev–Trinajstić information content (AvgIpc) is 2.88. The number of esters is 1. The minimum absolute atomic E-state index is 0.0669. The smallest absolute Gasteiger partial charge is 0.343 e. The molecule has 0 fully saturated rings. The van der Waals surface area contributed by atoms with Crippen LogP contribution < -0.4 is 16.0 Å². The number of anilines is 1. The van der Waals surface area contributed by atoms with Crippen LogP contribution in [0.1, 0.15) is 16.7 Å². The van der Waals surface area contributed by atoms with Gasteiger partial charge in [0.1, 0.15) is 5.75 Å². The van der Waals surface area contributed by atoms with Gasteiger partial charge in [0.2, 0.25) is 5.95 Å². The Kier molecular flexibility index (Phi) is 7.07. The summed E-state index contributed by atoms with van der Waals surface area (Å²) in [5.41, 5.74) is 10.4. The van der Waals surface area contributed by atoms with Crippen molar-refractivity contribution in [3.05, 3.63) is 93.9 Å². The topological polar surface area (TPSA) is 133 Å². The molecule has 2 heterocycles. The molecule has 0 aliphatic carbocycles. The van der Waals surface area contributed by atoms with Crippen LogP contribution in [0.4, 0.5) is 5.95 Å². The van der Waals surface area contributed by atoms with Crippen LogP contribution in [0.2, 0.25) is 0 Å². The highest BCUT2D eigenvalue weighted by Gasteiger charge is 2.12. The van der Waals surface area contributed by atoms with Gasteiger partial charge in [-0.2, -0.15) is 5.26 Å². The van der Waals surface area contributed by atoms with Crippen molar-refractivity contribution < 1.29 is 14.3 Å². The molecule has 36 heavy (non-hydrogen) atoms. The number of nitrogen functional groups attached to an aromatic ring is 1. The molecule has 9 heteroatoms. The maximum atomic E-state index is 12.9. The van der Waals surface area contributed by atoms with Gasteiger partial charge in [0, 0.05) is 23.4 Å². The van der Waals surface area contributed by atoms with Gasteiger partial charge < -0.3 is 19.8 Å². The third kappa shape index (κ3) is 5.39. The molecule has 4 aromatic rings. The zero-order valence-corrected chi connectivity index (χ0v) is 19.8. The lowest BCUT2D eigenvalue weighted by molar-refractivity contribution is -0.142. The molecule has 0 bridgehead atoms. The number of benzene rings is 2. The molecule has 9 nitrogen and oxygen atoms in total.